The molecule has 2 heterocycles. The number of imidazole rings is 1. The Morgan fingerprint density at radius 1 is 1.53 bits per heavy atom. The van der Waals surface area contributed by atoms with E-state index in [1.54, 1.807) is 17.3 Å². The Morgan fingerprint density at radius 2 is 2.41 bits per heavy atom. The molecule has 1 aliphatic heterocycles. The normalized spacial score (nSPS) is 20.9. The Kier molecular flexibility index (Phi) is 4.14. The van der Waals surface area contributed by atoms with Crippen LogP contribution in [-0.2, 0) is 11.3 Å². The van der Waals surface area contributed by atoms with Gasteiger partial charge in [-0.3, -0.25) is 4.79 Å². The van der Waals surface area contributed by atoms with Crippen molar-refractivity contribution in [3.05, 3.63) is 18.2 Å². The van der Waals surface area contributed by atoms with Gasteiger partial charge in [0.25, 0.3) is 0 Å². The van der Waals surface area contributed by atoms with Gasteiger partial charge in [0, 0.05) is 25.4 Å². The van der Waals surface area contributed by atoms with Crippen LogP contribution in [0, 0.1) is 5.92 Å². The summed E-state index contributed by atoms with van der Waals surface area (Å²) in [6.45, 7) is 2.55. The first-order valence-electron chi connectivity index (χ1n) is 6.21. The van der Waals surface area contributed by atoms with Gasteiger partial charge in [0.15, 0.2) is 0 Å². The molecule has 0 aromatic carbocycles. The number of aromatic amines is 1. The molecule has 5 heteroatoms. The van der Waals surface area contributed by atoms with Crippen molar-refractivity contribution < 1.29 is 4.79 Å². The van der Waals surface area contributed by atoms with Crippen LogP contribution in [0.1, 0.15) is 25.1 Å². The summed E-state index contributed by atoms with van der Waals surface area (Å²) in [4.78, 5) is 21.2. The fourth-order valence-corrected chi connectivity index (χ4v) is 2.26. The van der Waals surface area contributed by atoms with Crippen molar-refractivity contribution in [2.24, 2.45) is 5.92 Å². The van der Waals surface area contributed by atoms with Crippen LogP contribution in [0.2, 0.25) is 0 Å². The van der Waals surface area contributed by atoms with Crippen LogP contribution in [0.3, 0.4) is 0 Å². The molecule has 0 aliphatic carbocycles. The number of nitrogens with zero attached hydrogens (tertiary/aromatic N) is 2. The van der Waals surface area contributed by atoms with Gasteiger partial charge in [-0.25, -0.2) is 4.98 Å². The number of aromatic nitrogens is 2. The summed E-state index contributed by atoms with van der Waals surface area (Å²) in [5.41, 5.74) is 0. The number of amides is 1. The minimum atomic E-state index is 0.171. The lowest BCUT2D eigenvalue weighted by Gasteiger charge is -2.21. The van der Waals surface area contributed by atoms with E-state index in [1.165, 1.54) is 0 Å². The van der Waals surface area contributed by atoms with E-state index in [0.717, 1.165) is 38.2 Å². The summed E-state index contributed by atoms with van der Waals surface area (Å²) in [5.74, 6) is 1.25. The monoisotopic (exact) mass is 236 g/mol. The van der Waals surface area contributed by atoms with Crippen LogP contribution in [-0.4, -0.2) is 40.9 Å². The maximum Gasteiger partial charge on any atom is 0.225 e. The first kappa shape index (κ1) is 12.1. The average Bonchev–Trinajstić information content (AvgIpc) is 2.68. The number of carbonyl (C=O) groups excluding carboxylic acids is 1. The third-order valence-electron chi connectivity index (χ3n) is 3.24. The lowest BCUT2D eigenvalue weighted by atomic mass is 9.99. The topological polar surface area (TPSA) is 61.0 Å². The fourth-order valence-electron chi connectivity index (χ4n) is 2.26. The maximum atomic E-state index is 12.2. The summed E-state index contributed by atoms with van der Waals surface area (Å²) in [6.07, 6.45) is 6.52. The molecule has 1 saturated heterocycles. The van der Waals surface area contributed by atoms with Crippen LogP contribution < -0.4 is 5.32 Å². The van der Waals surface area contributed by atoms with Crippen molar-refractivity contribution in [1.82, 2.24) is 20.2 Å². The summed E-state index contributed by atoms with van der Waals surface area (Å²) in [6, 6.07) is 0. The SMILES string of the molecule is CN(Cc1ncc[nH]1)C(=O)C1CCCNCC1. The second kappa shape index (κ2) is 5.82. The number of rotatable bonds is 3. The Hall–Kier alpha value is -1.36. The highest BCUT2D eigenvalue weighted by molar-refractivity contribution is 5.78. The number of hydrogen-bond acceptors (Lipinski definition) is 3. The van der Waals surface area contributed by atoms with Crippen molar-refractivity contribution in [2.75, 3.05) is 20.1 Å². The molecular weight excluding hydrogens is 216 g/mol. The van der Waals surface area contributed by atoms with E-state index in [-0.39, 0.29) is 11.8 Å². The first-order valence-corrected chi connectivity index (χ1v) is 6.21. The molecule has 2 rings (SSSR count). The van der Waals surface area contributed by atoms with Gasteiger partial charge in [0.2, 0.25) is 5.91 Å². The molecule has 1 aromatic rings. The van der Waals surface area contributed by atoms with E-state index in [9.17, 15) is 4.79 Å². The molecule has 17 heavy (non-hydrogen) atoms. The van der Waals surface area contributed by atoms with E-state index >= 15 is 0 Å². The summed E-state index contributed by atoms with van der Waals surface area (Å²) in [7, 11) is 1.85. The second-order valence-corrected chi connectivity index (χ2v) is 4.61. The molecule has 1 aromatic heterocycles. The molecule has 94 valence electrons. The van der Waals surface area contributed by atoms with E-state index in [1.807, 2.05) is 7.05 Å². The quantitative estimate of drug-likeness (QED) is 0.814. The number of hydrogen-bond donors (Lipinski definition) is 2. The van der Waals surface area contributed by atoms with Crippen LogP contribution >= 0.6 is 0 Å². The predicted octanol–water partition coefficient (Wildman–Crippen LogP) is 0.758. The van der Waals surface area contributed by atoms with Gasteiger partial charge in [0.05, 0.1) is 6.54 Å². The van der Waals surface area contributed by atoms with Gasteiger partial charge in [-0.05, 0) is 32.4 Å². The second-order valence-electron chi connectivity index (χ2n) is 4.61. The molecule has 0 bridgehead atoms. The third kappa shape index (κ3) is 3.30. The molecule has 5 nitrogen and oxygen atoms in total. The fraction of sp³-hybridized carbons (Fsp3) is 0.667. The van der Waals surface area contributed by atoms with Crippen LogP contribution in [0.15, 0.2) is 12.4 Å². The van der Waals surface area contributed by atoms with E-state index in [2.05, 4.69) is 15.3 Å². The zero-order chi connectivity index (χ0) is 12.1. The Balaban J connectivity index is 1.89. The highest BCUT2D eigenvalue weighted by atomic mass is 16.2. The first-order chi connectivity index (χ1) is 8.27. The lowest BCUT2D eigenvalue weighted by Crippen LogP contribution is -2.33. The van der Waals surface area contributed by atoms with Gasteiger partial charge < -0.3 is 15.2 Å². The maximum absolute atomic E-state index is 12.2. The van der Waals surface area contributed by atoms with Crippen molar-refractivity contribution in [3.8, 4) is 0 Å². The zero-order valence-electron chi connectivity index (χ0n) is 10.3. The standard InChI is InChI=1S/C12H20N4O/c1-16(9-11-14-7-8-15-11)12(17)10-3-2-5-13-6-4-10/h7-8,10,13H,2-6,9H2,1H3,(H,14,15). The van der Waals surface area contributed by atoms with Crippen molar-refractivity contribution in [1.29, 1.82) is 0 Å². The highest BCUT2D eigenvalue weighted by Gasteiger charge is 2.23. The van der Waals surface area contributed by atoms with Crippen LogP contribution in [0.4, 0.5) is 0 Å². The molecular formula is C12H20N4O. The smallest absolute Gasteiger partial charge is 0.225 e. The molecule has 1 aliphatic rings. The number of carbonyl (C=O) groups is 1. The minimum absolute atomic E-state index is 0.171. The van der Waals surface area contributed by atoms with Crippen LogP contribution in [0.5, 0.6) is 0 Å². The van der Waals surface area contributed by atoms with E-state index in [4.69, 9.17) is 0 Å². The van der Waals surface area contributed by atoms with E-state index in [0.29, 0.717) is 6.54 Å². The Morgan fingerprint density at radius 3 is 3.18 bits per heavy atom. The molecule has 1 atom stereocenters. The van der Waals surface area contributed by atoms with Crippen molar-refractivity contribution in [3.63, 3.8) is 0 Å². The van der Waals surface area contributed by atoms with Crippen molar-refractivity contribution in [2.45, 2.75) is 25.8 Å². The molecule has 1 amide bonds. The largest absolute Gasteiger partial charge is 0.347 e. The van der Waals surface area contributed by atoms with Gasteiger partial charge in [0.1, 0.15) is 5.82 Å². The van der Waals surface area contributed by atoms with Crippen LogP contribution in [0.25, 0.3) is 0 Å². The van der Waals surface area contributed by atoms with Gasteiger partial charge in [-0.2, -0.15) is 0 Å². The third-order valence-corrected chi connectivity index (χ3v) is 3.24. The predicted molar refractivity (Wildman–Crippen MR) is 65.3 cm³/mol. The Bertz CT molecular complexity index is 341. The average molecular weight is 236 g/mol. The summed E-state index contributed by atoms with van der Waals surface area (Å²) < 4.78 is 0. The summed E-state index contributed by atoms with van der Waals surface area (Å²) in [5, 5.41) is 3.33. The zero-order valence-corrected chi connectivity index (χ0v) is 10.3. The minimum Gasteiger partial charge on any atom is -0.347 e. The van der Waals surface area contributed by atoms with Gasteiger partial charge in [-0.15, -0.1) is 0 Å². The molecule has 1 unspecified atom stereocenters. The highest BCUT2D eigenvalue weighted by Crippen LogP contribution is 2.16. The van der Waals surface area contributed by atoms with E-state index < -0.39 is 0 Å². The molecule has 0 spiro atoms. The number of nitrogens with one attached hydrogen (secondary N) is 2. The van der Waals surface area contributed by atoms with Crippen molar-refractivity contribution >= 4 is 5.91 Å². The summed E-state index contributed by atoms with van der Waals surface area (Å²) >= 11 is 0. The molecule has 1 fully saturated rings. The van der Waals surface area contributed by atoms with Gasteiger partial charge >= 0.3 is 0 Å². The molecule has 2 N–H and O–H groups in total. The molecule has 0 saturated carbocycles. The lowest BCUT2D eigenvalue weighted by molar-refractivity contribution is -0.135. The van der Waals surface area contributed by atoms with Gasteiger partial charge in [-0.1, -0.05) is 0 Å². The number of H-pyrrole nitrogens is 1. The Labute approximate surface area is 102 Å². The molecule has 0 radical (unpaired) electrons.